The van der Waals surface area contributed by atoms with Crippen molar-refractivity contribution in [3.63, 3.8) is 0 Å². The lowest BCUT2D eigenvalue weighted by Crippen LogP contribution is -2.40. The molecule has 0 aliphatic carbocycles. The van der Waals surface area contributed by atoms with Crippen molar-refractivity contribution >= 4 is 11.6 Å². The molecule has 1 unspecified atom stereocenters. The first kappa shape index (κ1) is 16.0. The molecule has 0 spiro atoms. The molecule has 1 aromatic carbocycles. The van der Waals surface area contributed by atoms with Gasteiger partial charge in [-0.1, -0.05) is 25.5 Å². The standard InChI is InChI=1S/C17H27N3O/c1-2-16-5-3-4-11-20(16)12-10-17(21)19-15-8-6-14(13-18)7-9-15/h6-9,16H,2-5,10-13,18H2,1H3,(H,19,21). The maximum atomic E-state index is 12.0. The van der Waals surface area contributed by atoms with Gasteiger partial charge in [0.1, 0.15) is 0 Å². The lowest BCUT2D eigenvalue weighted by Gasteiger charge is -2.35. The van der Waals surface area contributed by atoms with Crippen LogP contribution in [0, 0.1) is 0 Å². The number of carbonyl (C=O) groups is 1. The summed E-state index contributed by atoms with van der Waals surface area (Å²) in [5.74, 6) is 0.0934. The van der Waals surface area contributed by atoms with Gasteiger partial charge in [-0.15, -0.1) is 0 Å². The number of benzene rings is 1. The lowest BCUT2D eigenvalue weighted by atomic mass is 10.00. The highest BCUT2D eigenvalue weighted by molar-refractivity contribution is 5.90. The van der Waals surface area contributed by atoms with Crippen LogP contribution in [0.25, 0.3) is 0 Å². The van der Waals surface area contributed by atoms with E-state index in [1.54, 1.807) is 0 Å². The molecular formula is C17H27N3O. The zero-order valence-electron chi connectivity index (χ0n) is 13.0. The van der Waals surface area contributed by atoms with E-state index >= 15 is 0 Å². The minimum absolute atomic E-state index is 0.0934. The van der Waals surface area contributed by atoms with Crippen LogP contribution in [0.15, 0.2) is 24.3 Å². The van der Waals surface area contributed by atoms with Gasteiger partial charge in [0.15, 0.2) is 0 Å². The van der Waals surface area contributed by atoms with Gasteiger partial charge < -0.3 is 11.1 Å². The van der Waals surface area contributed by atoms with Crippen LogP contribution in [0.4, 0.5) is 5.69 Å². The fourth-order valence-corrected chi connectivity index (χ4v) is 3.01. The van der Waals surface area contributed by atoms with E-state index < -0.39 is 0 Å². The molecular weight excluding hydrogens is 262 g/mol. The fourth-order valence-electron chi connectivity index (χ4n) is 3.01. The second kappa shape index (κ2) is 8.15. The molecule has 1 aliphatic rings. The van der Waals surface area contributed by atoms with Gasteiger partial charge in [-0.05, 0) is 43.5 Å². The van der Waals surface area contributed by atoms with Crippen LogP contribution in [0.2, 0.25) is 0 Å². The molecule has 1 aliphatic heterocycles. The van der Waals surface area contributed by atoms with Crippen molar-refractivity contribution in [3.05, 3.63) is 29.8 Å². The number of nitrogens with zero attached hydrogens (tertiary/aromatic N) is 1. The van der Waals surface area contributed by atoms with Gasteiger partial charge >= 0.3 is 0 Å². The number of rotatable bonds is 6. The van der Waals surface area contributed by atoms with Gasteiger partial charge in [0.05, 0.1) is 0 Å². The molecule has 21 heavy (non-hydrogen) atoms. The van der Waals surface area contributed by atoms with Crippen molar-refractivity contribution in [1.29, 1.82) is 0 Å². The van der Waals surface area contributed by atoms with Crippen LogP contribution in [0.1, 0.15) is 44.6 Å². The average Bonchev–Trinajstić information content (AvgIpc) is 2.54. The summed E-state index contributed by atoms with van der Waals surface area (Å²) in [5.41, 5.74) is 7.49. The Morgan fingerprint density at radius 2 is 2.10 bits per heavy atom. The first-order valence-corrected chi connectivity index (χ1v) is 8.06. The molecule has 4 nitrogen and oxygen atoms in total. The Kier molecular flexibility index (Phi) is 6.21. The van der Waals surface area contributed by atoms with Crippen molar-refractivity contribution < 1.29 is 4.79 Å². The Labute approximate surface area is 127 Å². The largest absolute Gasteiger partial charge is 0.326 e. The van der Waals surface area contributed by atoms with Crippen molar-refractivity contribution in [2.45, 2.75) is 51.6 Å². The molecule has 116 valence electrons. The van der Waals surface area contributed by atoms with Gasteiger partial charge in [0.2, 0.25) is 5.91 Å². The number of piperidine rings is 1. The molecule has 1 amide bonds. The third-order valence-corrected chi connectivity index (χ3v) is 4.32. The molecule has 4 heteroatoms. The van der Waals surface area contributed by atoms with Gasteiger partial charge in [-0.25, -0.2) is 0 Å². The Bertz CT molecular complexity index is 444. The smallest absolute Gasteiger partial charge is 0.225 e. The monoisotopic (exact) mass is 289 g/mol. The summed E-state index contributed by atoms with van der Waals surface area (Å²) in [6, 6.07) is 8.39. The second-order valence-electron chi connectivity index (χ2n) is 5.79. The van der Waals surface area contributed by atoms with Crippen LogP contribution in [0.5, 0.6) is 0 Å². The van der Waals surface area contributed by atoms with E-state index in [0.717, 1.165) is 24.3 Å². The van der Waals surface area contributed by atoms with E-state index in [9.17, 15) is 4.79 Å². The molecule has 3 N–H and O–H groups in total. The van der Waals surface area contributed by atoms with E-state index in [2.05, 4.69) is 17.1 Å². The first-order chi connectivity index (χ1) is 10.2. The lowest BCUT2D eigenvalue weighted by molar-refractivity contribution is -0.116. The summed E-state index contributed by atoms with van der Waals surface area (Å²) in [5, 5.41) is 2.96. The van der Waals surface area contributed by atoms with Gasteiger partial charge in [0, 0.05) is 31.2 Å². The Morgan fingerprint density at radius 3 is 2.76 bits per heavy atom. The molecule has 0 saturated carbocycles. The first-order valence-electron chi connectivity index (χ1n) is 8.06. The van der Waals surface area contributed by atoms with Crippen LogP contribution >= 0.6 is 0 Å². The minimum atomic E-state index is 0.0934. The van der Waals surface area contributed by atoms with E-state index in [1.807, 2.05) is 24.3 Å². The highest BCUT2D eigenvalue weighted by Gasteiger charge is 2.20. The number of hydrogen-bond donors (Lipinski definition) is 2. The predicted molar refractivity (Wildman–Crippen MR) is 87.1 cm³/mol. The topological polar surface area (TPSA) is 58.4 Å². The number of hydrogen-bond acceptors (Lipinski definition) is 3. The highest BCUT2D eigenvalue weighted by atomic mass is 16.1. The van der Waals surface area contributed by atoms with Crippen LogP contribution in [-0.4, -0.2) is 29.9 Å². The van der Waals surface area contributed by atoms with Crippen molar-refractivity contribution in [1.82, 2.24) is 4.90 Å². The maximum absolute atomic E-state index is 12.0. The zero-order valence-corrected chi connectivity index (χ0v) is 13.0. The molecule has 0 bridgehead atoms. The van der Waals surface area contributed by atoms with Gasteiger partial charge in [0.25, 0.3) is 0 Å². The quantitative estimate of drug-likeness (QED) is 0.846. The average molecular weight is 289 g/mol. The summed E-state index contributed by atoms with van der Waals surface area (Å²) in [6.07, 6.45) is 5.61. The summed E-state index contributed by atoms with van der Waals surface area (Å²) in [4.78, 5) is 14.5. The fraction of sp³-hybridized carbons (Fsp3) is 0.588. The van der Waals surface area contributed by atoms with Crippen molar-refractivity contribution in [3.8, 4) is 0 Å². The molecule has 0 radical (unpaired) electrons. The Balaban J connectivity index is 1.78. The highest BCUT2D eigenvalue weighted by Crippen LogP contribution is 2.19. The minimum Gasteiger partial charge on any atom is -0.326 e. The number of nitrogens with two attached hydrogens (primary N) is 1. The van der Waals surface area contributed by atoms with Crippen LogP contribution < -0.4 is 11.1 Å². The summed E-state index contributed by atoms with van der Waals surface area (Å²) >= 11 is 0. The number of nitrogens with one attached hydrogen (secondary N) is 1. The Hall–Kier alpha value is -1.39. The maximum Gasteiger partial charge on any atom is 0.225 e. The third-order valence-electron chi connectivity index (χ3n) is 4.32. The molecule has 1 fully saturated rings. The van der Waals surface area contributed by atoms with E-state index in [1.165, 1.54) is 25.7 Å². The van der Waals surface area contributed by atoms with E-state index in [4.69, 9.17) is 5.73 Å². The van der Waals surface area contributed by atoms with Crippen LogP contribution in [-0.2, 0) is 11.3 Å². The SMILES string of the molecule is CCC1CCCCN1CCC(=O)Nc1ccc(CN)cc1. The number of likely N-dealkylation sites (tertiary alicyclic amines) is 1. The number of anilines is 1. The summed E-state index contributed by atoms with van der Waals surface area (Å²) in [6.45, 7) is 4.77. The van der Waals surface area contributed by atoms with Crippen molar-refractivity contribution in [2.75, 3.05) is 18.4 Å². The summed E-state index contributed by atoms with van der Waals surface area (Å²) < 4.78 is 0. The zero-order chi connectivity index (χ0) is 15.1. The molecule has 1 atom stereocenters. The Morgan fingerprint density at radius 1 is 1.33 bits per heavy atom. The predicted octanol–water partition coefficient (Wildman–Crippen LogP) is 2.74. The van der Waals surface area contributed by atoms with E-state index in [-0.39, 0.29) is 5.91 Å². The molecule has 1 aromatic rings. The van der Waals surface area contributed by atoms with Gasteiger partial charge in [-0.3, -0.25) is 9.69 Å². The third kappa shape index (κ3) is 4.83. The molecule has 1 heterocycles. The van der Waals surface area contributed by atoms with Crippen molar-refractivity contribution in [2.24, 2.45) is 5.73 Å². The number of amides is 1. The molecule has 0 aromatic heterocycles. The van der Waals surface area contributed by atoms with Crippen LogP contribution in [0.3, 0.4) is 0 Å². The molecule has 1 saturated heterocycles. The second-order valence-corrected chi connectivity index (χ2v) is 5.79. The summed E-state index contributed by atoms with van der Waals surface area (Å²) in [7, 11) is 0. The molecule has 2 rings (SSSR count). The van der Waals surface area contributed by atoms with E-state index in [0.29, 0.717) is 19.0 Å². The normalized spacial score (nSPS) is 19.4. The van der Waals surface area contributed by atoms with Gasteiger partial charge in [-0.2, -0.15) is 0 Å². The number of carbonyl (C=O) groups excluding carboxylic acids is 1.